The number of hydrogen-bond donors (Lipinski definition) is 2. The zero-order valence-electron chi connectivity index (χ0n) is 15.4. The van der Waals surface area contributed by atoms with E-state index in [1.54, 1.807) is 7.05 Å². The molecule has 3 amide bonds. The highest BCUT2D eigenvalue weighted by Crippen LogP contribution is 2.27. The first-order chi connectivity index (χ1) is 13.1. The summed E-state index contributed by atoms with van der Waals surface area (Å²) in [5.74, 6) is 0.171. The Labute approximate surface area is 168 Å². The summed E-state index contributed by atoms with van der Waals surface area (Å²) in [4.78, 5) is 26.3. The largest absolute Gasteiger partial charge is 0.348 e. The van der Waals surface area contributed by atoms with Gasteiger partial charge in [-0.3, -0.25) is 4.79 Å². The molecule has 0 aliphatic carbocycles. The van der Waals surface area contributed by atoms with Gasteiger partial charge in [0.05, 0.1) is 0 Å². The van der Waals surface area contributed by atoms with Crippen LogP contribution in [0.4, 0.5) is 4.79 Å². The van der Waals surface area contributed by atoms with Gasteiger partial charge in [0.2, 0.25) is 0 Å². The fourth-order valence-corrected chi connectivity index (χ4v) is 3.90. The Balaban J connectivity index is 1.65. The van der Waals surface area contributed by atoms with Crippen molar-refractivity contribution in [2.75, 3.05) is 20.1 Å². The molecule has 0 aromatic heterocycles. The van der Waals surface area contributed by atoms with Crippen LogP contribution in [0.25, 0.3) is 0 Å². The molecule has 2 aromatic carbocycles. The van der Waals surface area contributed by atoms with Crippen LogP contribution in [0.1, 0.15) is 40.2 Å². The number of halogens is 1. The number of hydrogen-bond acceptors (Lipinski definition) is 2. The summed E-state index contributed by atoms with van der Waals surface area (Å²) in [6, 6.07) is 15.6. The molecule has 2 N–H and O–H groups in total. The minimum Gasteiger partial charge on any atom is -0.348 e. The van der Waals surface area contributed by atoms with Gasteiger partial charge in [0.15, 0.2) is 0 Å². The number of benzene rings is 2. The van der Waals surface area contributed by atoms with E-state index in [1.165, 1.54) is 0 Å². The molecular formula is C21H24BrN3O2. The smallest absolute Gasteiger partial charge is 0.317 e. The fourth-order valence-electron chi connectivity index (χ4n) is 3.46. The second-order valence-electron chi connectivity index (χ2n) is 6.78. The highest BCUT2D eigenvalue weighted by atomic mass is 79.9. The number of carbonyl (C=O) groups excluding carboxylic acids is 2. The van der Waals surface area contributed by atoms with Gasteiger partial charge >= 0.3 is 6.03 Å². The fraction of sp³-hybridized carbons (Fsp3) is 0.333. The van der Waals surface area contributed by atoms with Crippen LogP contribution in [0, 0.1) is 0 Å². The number of nitrogens with one attached hydrogen (secondary N) is 2. The summed E-state index contributed by atoms with van der Waals surface area (Å²) >= 11 is 3.44. The predicted molar refractivity (Wildman–Crippen MR) is 110 cm³/mol. The Morgan fingerprint density at radius 1 is 1.19 bits per heavy atom. The molecule has 0 unspecified atom stereocenters. The molecular weight excluding hydrogens is 406 g/mol. The highest BCUT2D eigenvalue weighted by molar-refractivity contribution is 9.10. The molecule has 1 aliphatic rings. The van der Waals surface area contributed by atoms with Crippen molar-refractivity contribution in [2.24, 2.45) is 0 Å². The molecule has 5 nitrogen and oxygen atoms in total. The Morgan fingerprint density at radius 3 is 2.78 bits per heavy atom. The summed E-state index contributed by atoms with van der Waals surface area (Å²) in [6.45, 7) is 1.95. The molecule has 142 valence electrons. The summed E-state index contributed by atoms with van der Waals surface area (Å²) in [5.41, 5.74) is 2.81. The number of amides is 3. The molecule has 1 aliphatic heterocycles. The van der Waals surface area contributed by atoms with Crippen molar-refractivity contribution in [2.45, 2.75) is 25.3 Å². The minimum absolute atomic E-state index is 0.0392. The van der Waals surface area contributed by atoms with E-state index in [1.807, 2.05) is 53.4 Å². The molecule has 0 spiro atoms. The van der Waals surface area contributed by atoms with Crippen LogP contribution in [-0.4, -0.2) is 37.0 Å². The summed E-state index contributed by atoms with van der Waals surface area (Å²) in [7, 11) is 1.65. The molecule has 1 saturated heterocycles. The van der Waals surface area contributed by atoms with Crippen molar-refractivity contribution in [3.8, 4) is 0 Å². The number of carbonyl (C=O) groups is 2. The Hall–Kier alpha value is -2.34. The van der Waals surface area contributed by atoms with Crippen LogP contribution in [0.5, 0.6) is 0 Å². The average molecular weight is 430 g/mol. The number of nitrogens with zero attached hydrogens (tertiary/aromatic N) is 1. The second-order valence-corrected chi connectivity index (χ2v) is 7.69. The summed E-state index contributed by atoms with van der Waals surface area (Å²) in [6.07, 6.45) is 1.99. The number of piperidine rings is 1. The molecule has 3 rings (SSSR count). The lowest BCUT2D eigenvalue weighted by atomic mass is 9.89. The number of likely N-dealkylation sites (tertiary alicyclic amines) is 1. The van der Waals surface area contributed by atoms with E-state index < -0.39 is 0 Å². The zero-order chi connectivity index (χ0) is 19.2. The van der Waals surface area contributed by atoms with Gasteiger partial charge in [0.25, 0.3) is 5.91 Å². The van der Waals surface area contributed by atoms with Crippen LogP contribution >= 0.6 is 15.9 Å². The van der Waals surface area contributed by atoms with E-state index in [2.05, 4.69) is 26.6 Å². The van der Waals surface area contributed by atoms with E-state index >= 15 is 0 Å². The van der Waals surface area contributed by atoms with Gasteiger partial charge in [-0.15, -0.1) is 0 Å². The van der Waals surface area contributed by atoms with Gasteiger partial charge < -0.3 is 15.5 Å². The first-order valence-electron chi connectivity index (χ1n) is 9.16. The van der Waals surface area contributed by atoms with Gasteiger partial charge in [0.1, 0.15) is 0 Å². The molecule has 6 heteroatoms. The lowest BCUT2D eigenvalue weighted by Crippen LogP contribution is -2.43. The third kappa shape index (κ3) is 5.10. The van der Waals surface area contributed by atoms with E-state index in [4.69, 9.17) is 0 Å². The van der Waals surface area contributed by atoms with Gasteiger partial charge in [0, 0.05) is 42.6 Å². The normalized spacial score (nSPS) is 16.7. The molecule has 0 radical (unpaired) electrons. The maximum absolute atomic E-state index is 12.6. The van der Waals surface area contributed by atoms with Crippen molar-refractivity contribution in [3.63, 3.8) is 0 Å². The van der Waals surface area contributed by atoms with Crippen LogP contribution in [0.15, 0.2) is 53.0 Å². The van der Waals surface area contributed by atoms with Gasteiger partial charge in [-0.1, -0.05) is 40.2 Å². The second kappa shape index (κ2) is 9.04. The summed E-state index contributed by atoms with van der Waals surface area (Å²) < 4.78 is 0.995. The molecule has 1 heterocycles. The molecule has 2 aromatic rings. The van der Waals surface area contributed by atoms with Gasteiger partial charge in [-0.25, -0.2) is 4.79 Å². The van der Waals surface area contributed by atoms with Gasteiger partial charge in [-0.2, -0.15) is 0 Å². The Kier molecular flexibility index (Phi) is 6.50. The number of urea groups is 1. The van der Waals surface area contributed by atoms with Crippen molar-refractivity contribution in [1.82, 2.24) is 15.5 Å². The van der Waals surface area contributed by atoms with Crippen molar-refractivity contribution in [3.05, 3.63) is 69.7 Å². The Bertz CT molecular complexity index is 825. The minimum atomic E-state index is -0.0872. The van der Waals surface area contributed by atoms with E-state index in [0.29, 0.717) is 18.7 Å². The predicted octanol–water partition coefficient (Wildman–Crippen LogP) is 3.90. The average Bonchev–Trinajstić information content (AvgIpc) is 2.71. The molecule has 27 heavy (non-hydrogen) atoms. The highest BCUT2D eigenvalue weighted by Gasteiger charge is 2.24. The standard InChI is InChI=1S/C21H24BrN3O2/c1-23-21(27)25-10-4-8-18(14-25)16-6-3-7-17(12-16)20(26)24-13-15-5-2-9-19(22)11-15/h2-3,5-7,9,11-12,18H,4,8,10,13-14H2,1H3,(H,23,27)(H,24,26)/t18-/m0/s1. The monoisotopic (exact) mass is 429 g/mol. The van der Waals surface area contributed by atoms with Gasteiger partial charge in [-0.05, 0) is 48.2 Å². The number of rotatable bonds is 4. The molecule has 1 atom stereocenters. The first kappa shape index (κ1) is 19.4. The quantitative estimate of drug-likeness (QED) is 0.773. The van der Waals surface area contributed by atoms with Crippen molar-refractivity contribution < 1.29 is 9.59 Å². The lowest BCUT2D eigenvalue weighted by Gasteiger charge is -2.32. The molecule has 1 fully saturated rings. The van der Waals surface area contributed by atoms with E-state index in [0.717, 1.165) is 35.0 Å². The first-order valence-corrected chi connectivity index (χ1v) is 9.95. The third-order valence-electron chi connectivity index (χ3n) is 4.88. The molecule has 0 bridgehead atoms. The topological polar surface area (TPSA) is 61.4 Å². The van der Waals surface area contributed by atoms with E-state index in [9.17, 15) is 9.59 Å². The van der Waals surface area contributed by atoms with Crippen LogP contribution in [-0.2, 0) is 6.54 Å². The van der Waals surface area contributed by atoms with Crippen LogP contribution in [0.2, 0.25) is 0 Å². The maximum atomic E-state index is 12.6. The Morgan fingerprint density at radius 2 is 2.00 bits per heavy atom. The van der Waals surface area contributed by atoms with Crippen LogP contribution < -0.4 is 10.6 Å². The zero-order valence-corrected chi connectivity index (χ0v) is 17.0. The summed E-state index contributed by atoms with van der Waals surface area (Å²) in [5, 5.41) is 5.67. The lowest BCUT2D eigenvalue weighted by molar-refractivity contribution is 0.0950. The molecule has 0 saturated carbocycles. The van der Waals surface area contributed by atoms with E-state index in [-0.39, 0.29) is 17.9 Å². The SMILES string of the molecule is CNC(=O)N1CCC[C@H](c2cccc(C(=O)NCc3cccc(Br)c3)c2)C1. The van der Waals surface area contributed by atoms with Crippen molar-refractivity contribution in [1.29, 1.82) is 0 Å². The van der Waals surface area contributed by atoms with Crippen LogP contribution in [0.3, 0.4) is 0 Å². The van der Waals surface area contributed by atoms with Crippen molar-refractivity contribution >= 4 is 27.9 Å². The third-order valence-corrected chi connectivity index (χ3v) is 5.38. The maximum Gasteiger partial charge on any atom is 0.317 e.